The molecule has 0 saturated heterocycles. The summed E-state index contributed by atoms with van der Waals surface area (Å²) in [6.07, 6.45) is 1.04. The lowest BCUT2D eigenvalue weighted by Crippen LogP contribution is -2.10. The number of nitrogens with zero attached hydrogens (tertiary/aromatic N) is 2. The lowest BCUT2D eigenvalue weighted by Gasteiger charge is -2.20. The van der Waals surface area contributed by atoms with Gasteiger partial charge >= 0.3 is 0 Å². The summed E-state index contributed by atoms with van der Waals surface area (Å²) in [5, 5.41) is 7.57. The minimum Gasteiger partial charge on any atom is -0.324 e. The highest BCUT2D eigenvalue weighted by molar-refractivity contribution is 6.24. The molecule has 9 aromatic rings. The van der Waals surface area contributed by atoms with Gasteiger partial charge in [-0.3, -0.25) is 0 Å². The highest BCUT2D eigenvalue weighted by Gasteiger charge is 2.22. The molecule has 220 valence electrons. The van der Waals surface area contributed by atoms with Gasteiger partial charge in [0.15, 0.2) is 0 Å². The Balaban J connectivity index is 1.24. The predicted molar refractivity (Wildman–Crippen MR) is 198 cm³/mol. The quantitative estimate of drug-likeness (QED) is 0.185. The van der Waals surface area contributed by atoms with E-state index < -0.39 is 0 Å². The Hall–Kier alpha value is -5.99. The van der Waals surface area contributed by atoms with Crippen LogP contribution < -0.4 is 0 Å². The van der Waals surface area contributed by atoms with Crippen molar-refractivity contribution >= 4 is 43.4 Å². The van der Waals surface area contributed by atoms with Crippen LogP contribution in [0.15, 0.2) is 158 Å². The van der Waals surface area contributed by atoms with E-state index in [4.69, 9.17) is 4.98 Å². The van der Waals surface area contributed by atoms with Gasteiger partial charge in [0.05, 0.1) is 11.0 Å². The van der Waals surface area contributed by atoms with Gasteiger partial charge in [-0.25, -0.2) is 4.98 Å². The third kappa shape index (κ3) is 3.95. The molecule has 0 atom stereocenters. The normalized spacial score (nSPS) is 12.5. The van der Waals surface area contributed by atoms with Crippen molar-refractivity contribution in [1.29, 1.82) is 0 Å². The van der Waals surface area contributed by atoms with Crippen molar-refractivity contribution in [3.63, 3.8) is 0 Å². The van der Waals surface area contributed by atoms with Crippen LogP contribution in [0.4, 0.5) is 0 Å². The smallest absolute Gasteiger partial charge is 0.141 e. The lowest BCUT2D eigenvalue weighted by molar-refractivity contribution is 0.702. The first-order valence-electron chi connectivity index (χ1n) is 16.4. The van der Waals surface area contributed by atoms with Crippen LogP contribution in [0.3, 0.4) is 0 Å². The fraction of sp³-hybridized carbons (Fsp3) is 0.0444. The molecule has 0 bridgehead atoms. The van der Waals surface area contributed by atoms with Gasteiger partial charge in [-0.1, -0.05) is 146 Å². The molecule has 0 amide bonds. The van der Waals surface area contributed by atoms with Gasteiger partial charge in [0, 0.05) is 12.1 Å². The fourth-order valence-electron chi connectivity index (χ4n) is 8.02. The van der Waals surface area contributed by atoms with E-state index in [1.807, 2.05) is 0 Å². The summed E-state index contributed by atoms with van der Waals surface area (Å²) in [6, 6.07) is 57.7. The number of rotatable bonds is 3. The number of benzene rings is 8. The van der Waals surface area contributed by atoms with Gasteiger partial charge in [-0.05, 0) is 89.8 Å². The Morgan fingerprint density at radius 2 is 1.00 bits per heavy atom. The number of hydrogen-bond donors (Lipinski definition) is 0. The third-order valence-electron chi connectivity index (χ3n) is 10.1. The van der Waals surface area contributed by atoms with Crippen LogP contribution in [-0.4, -0.2) is 9.55 Å². The Labute approximate surface area is 273 Å². The van der Waals surface area contributed by atoms with Crippen molar-refractivity contribution < 1.29 is 0 Å². The van der Waals surface area contributed by atoms with E-state index in [2.05, 4.69) is 162 Å². The number of hydrogen-bond acceptors (Lipinski definition) is 1. The fourth-order valence-corrected chi connectivity index (χ4v) is 8.02. The van der Waals surface area contributed by atoms with Crippen LogP contribution in [0.5, 0.6) is 0 Å². The molecule has 1 aliphatic heterocycles. The van der Waals surface area contributed by atoms with Crippen molar-refractivity contribution in [3.05, 3.63) is 163 Å². The molecule has 0 N–H and O–H groups in total. The summed E-state index contributed by atoms with van der Waals surface area (Å²) in [4.78, 5) is 5.24. The Kier molecular flexibility index (Phi) is 5.73. The summed E-state index contributed by atoms with van der Waals surface area (Å²) in [6.45, 7) is 0.958. The molecule has 0 radical (unpaired) electrons. The second-order valence-corrected chi connectivity index (χ2v) is 12.6. The summed E-state index contributed by atoms with van der Waals surface area (Å²) in [5.41, 5.74) is 12.4. The summed E-state index contributed by atoms with van der Waals surface area (Å²) >= 11 is 0. The van der Waals surface area contributed by atoms with E-state index in [0.717, 1.165) is 24.3 Å². The van der Waals surface area contributed by atoms with Gasteiger partial charge in [-0.2, -0.15) is 0 Å². The highest BCUT2D eigenvalue weighted by atomic mass is 15.1. The molecule has 0 saturated carbocycles. The minimum absolute atomic E-state index is 0.958. The molecule has 2 heterocycles. The SMILES string of the molecule is c1ccc(-c2ccc(-c3c4ccccc4c(-c4ccc5c(c4)nc4n5CCc5ccccc5-4)c4ccccc34)c3ccccc23)cc1. The monoisotopic (exact) mass is 598 g/mol. The maximum absolute atomic E-state index is 5.24. The molecular weight excluding hydrogens is 569 g/mol. The largest absolute Gasteiger partial charge is 0.324 e. The summed E-state index contributed by atoms with van der Waals surface area (Å²) in [5.74, 6) is 1.08. The molecule has 10 rings (SSSR count). The van der Waals surface area contributed by atoms with E-state index in [0.29, 0.717) is 0 Å². The van der Waals surface area contributed by atoms with Gasteiger partial charge < -0.3 is 4.57 Å². The van der Waals surface area contributed by atoms with Gasteiger partial charge in [0.2, 0.25) is 0 Å². The zero-order valence-corrected chi connectivity index (χ0v) is 25.8. The van der Waals surface area contributed by atoms with Crippen molar-refractivity contribution in [1.82, 2.24) is 9.55 Å². The maximum Gasteiger partial charge on any atom is 0.141 e. The molecule has 0 unspecified atom stereocenters. The van der Waals surface area contributed by atoms with E-state index in [1.54, 1.807) is 0 Å². The van der Waals surface area contributed by atoms with Crippen molar-refractivity contribution in [3.8, 4) is 44.8 Å². The molecule has 47 heavy (non-hydrogen) atoms. The average Bonchev–Trinajstić information content (AvgIpc) is 3.52. The van der Waals surface area contributed by atoms with Gasteiger partial charge in [0.1, 0.15) is 5.82 Å². The average molecular weight is 599 g/mol. The first kappa shape index (κ1) is 26.2. The highest BCUT2D eigenvalue weighted by Crippen LogP contribution is 2.47. The molecule has 0 fully saturated rings. The van der Waals surface area contributed by atoms with Crippen LogP contribution in [0.25, 0.3) is 88.1 Å². The van der Waals surface area contributed by atoms with Crippen LogP contribution in [0.2, 0.25) is 0 Å². The Morgan fingerprint density at radius 1 is 0.426 bits per heavy atom. The number of imidazole rings is 1. The standard InChI is InChI=1S/C45H30N2/c1-2-12-29(13-3-1)32-23-24-40(35-17-7-6-16-34(32)35)44-38-20-10-8-18-36(38)43(37-19-9-11-21-39(37)44)31-22-25-42-41(28-31)46-45-33-15-5-4-14-30(33)26-27-47(42)45/h1-25,28H,26-27H2. The first-order chi connectivity index (χ1) is 23.3. The summed E-state index contributed by atoms with van der Waals surface area (Å²) in [7, 11) is 0. The molecular formula is C45H30N2. The van der Waals surface area contributed by atoms with Crippen LogP contribution in [0.1, 0.15) is 5.56 Å². The Morgan fingerprint density at radius 3 is 1.72 bits per heavy atom. The second kappa shape index (κ2) is 10.3. The predicted octanol–water partition coefficient (Wildman–Crippen LogP) is 11.7. The van der Waals surface area contributed by atoms with E-state index in [1.165, 1.54) is 82.3 Å². The van der Waals surface area contributed by atoms with Crippen LogP contribution in [-0.2, 0) is 13.0 Å². The van der Waals surface area contributed by atoms with Crippen LogP contribution in [0, 0.1) is 0 Å². The van der Waals surface area contributed by atoms with Gasteiger partial charge in [-0.15, -0.1) is 0 Å². The zero-order chi connectivity index (χ0) is 30.9. The van der Waals surface area contributed by atoms with Crippen molar-refractivity contribution in [2.45, 2.75) is 13.0 Å². The zero-order valence-electron chi connectivity index (χ0n) is 25.8. The molecule has 8 aromatic carbocycles. The number of aryl methyl sites for hydroxylation is 2. The van der Waals surface area contributed by atoms with Gasteiger partial charge in [0.25, 0.3) is 0 Å². The Bertz CT molecular complexity index is 2620. The minimum atomic E-state index is 0.958. The van der Waals surface area contributed by atoms with E-state index >= 15 is 0 Å². The molecule has 0 aliphatic carbocycles. The number of aromatic nitrogens is 2. The van der Waals surface area contributed by atoms with Crippen molar-refractivity contribution in [2.75, 3.05) is 0 Å². The maximum atomic E-state index is 5.24. The van der Waals surface area contributed by atoms with E-state index in [9.17, 15) is 0 Å². The lowest BCUT2D eigenvalue weighted by atomic mass is 9.84. The number of fused-ring (bicyclic) bond motifs is 8. The van der Waals surface area contributed by atoms with Crippen LogP contribution >= 0.6 is 0 Å². The molecule has 2 heteroatoms. The topological polar surface area (TPSA) is 17.8 Å². The summed E-state index contributed by atoms with van der Waals surface area (Å²) < 4.78 is 2.39. The second-order valence-electron chi connectivity index (χ2n) is 12.6. The van der Waals surface area contributed by atoms with Crippen molar-refractivity contribution in [2.24, 2.45) is 0 Å². The third-order valence-corrected chi connectivity index (χ3v) is 10.1. The molecule has 0 spiro atoms. The first-order valence-corrected chi connectivity index (χ1v) is 16.4. The molecule has 1 aliphatic rings. The molecule has 1 aromatic heterocycles. The molecule has 2 nitrogen and oxygen atoms in total. The van der Waals surface area contributed by atoms with E-state index in [-0.39, 0.29) is 0 Å².